The zero-order valence-electron chi connectivity index (χ0n) is 2.43. The second-order valence-corrected chi connectivity index (χ2v) is 0. The molecule has 0 aliphatic rings. The van der Waals surface area contributed by atoms with Crippen LogP contribution >= 0.6 is 0 Å². The third-order valence-corrected chi connectivity index (χ3v) is 0. The van der Waals surface area contributed by atoms with E-state index >= 15 is 0 Å². The third-order valence-electron chi connectivity index (χ3n) is 0. The van der Waals surface area contributed by atoms with Crippen molar-refractivity contribution >= 4 is 8.41 Å². The maximum Gasteiger partial charge on any atom is 0 e. The van der Waals surface area contributed by atoms with Gasteiger partial charge >= 0.3 is 0 Å². The molecule has 0 atom stereocenters. The van der Waals surface area contributed by atoms with Crippen LogP contribution in [0.15, 0.2) is 0 Å². The first-order valence-corrected chi connectivity index (χ1v) is 0. The number of hydrogen-bond donors (Lipinski definition) is 0. The van der Waals surface area contributed by atoms with E-state index in [1.54, 1.807) is 0 Å². The molecule has 0 aliphatic carbocycles. The van der Waals surface area contributed by atoms with Crippen LogP contribution in [-0.2, 0) is 17.1 Å². The van der Waals surface area contributed by atoms with E-state index in [1.165, 1.54) is 0 Å². The van der Waals surface area contributed by atoms with E-state index in [4.69, 9.17) is 0 Å². The van der Waals surface area contributed by atoms with Gasteiger partial charge in [-0.25, -0.2) is 0 Å². The van der Waals surface area contributed by atoms with Crippen LogP contribution in [0.4, 0.5) is 0 Å². The third kappa shape index (κ3) is 17.7. The van der Waals surface area contributed by atoms with E-state index in [9.17, 15) is 0 Å². The second kappa shape index (κ2) is 23.4. The summed E-state index contributed by atoms with van der Waals surface area (Å²) < 4.78 is 0. The van der Waals surface area contributed by atoms with Crippen molar-refractivity contribution in [3.63, 3.8) is 0 Å². The van der Waals surface area contributed by atoms with Crippen LogP contribution in [0, 0.1) is 123 Å². The van der Waals surface area contributed by atoms with Crippen LogP contribution in [0.5, 0.6) is 0 Å². The molecular weight excluding hydrogens is 499 g/mol. The molecular formula is BFeNd3. The van der Waals surface area contributed by atoms with Gasteiger partial charge in [-0.15, -0.1) is 0 Å². The van der Waals surface area contributed by atoms with Gasteiger partial charge in [0.25, 0.3) is 0 Å². The zero-order chi connectivity index (χ0) is 0. The van der Waals surface area contributed by atoms with Crippen LogP contribution in [0.25, 0.3) is 0 Å². The van der Waals surface area contributed by atoms with Crippen LogP contribution < -0.4 is 0 Å². The molecule has 5 heteroatoms. The van der Waals surface area contributed by atoms with E-state index in [-0.39, 0.29) is 148 Å². The van der Waals surface area contributed by atoms with Crippen LogP contribution in [-0.4, -0.2) is 8.41 Å². The van der Waals surface area contributed by atoms with E-state index in [1.807, 2.05) is 0 Å². The Hall–Kier alpha value is 4.64. The Morgan fingerprint density at radius 1 is 0.600 bits per heavy atom. The summed E-state index contributed by atoms with van der Waals surface area (Å²) in [5.74, 6) is 0. The quantitative estimate of drug-likeness (QED) is 0.399. The Morgan fingerprint density at radius 2 is 0.600 bits per heavy atom. The summed E-state index contributed by atoms with van der Waals surface area (Å²) in [5, 5.41) is 0. The van der Waals surface area contributed by atoms with Gasteiger partial charge in [0.05, 0.1) is 0 Å². The van der Waals surface area contributed by atoms with Crippen molar-refractivity contribution in [2.45, 2.75) is 0 Å². The predicted octanol–water partition coefficient (Wildman–Crippen LogP) is -0.383. The Labute approximate surface area is 143 Å². The largest absolute Gasteiger partial charge is 0 e. The number of rotatable bonds is 0. The Balaban J connectivity index is 0. The molecule has 0 saturated carbocycles. The van der Waals surface area contributed by atoms with Crippen LogP contribution in [0.3, 0.4) is 0 Å². The van der Waals surface area contributed by atoms with Crippen molar-refractivity contribution in [2.24, 2.45) is 0 Å². The fourth-order valence-electron chi connectivity index (χ4n) is 0. The van der Waals surface area contributed by atoms with Gasteiger partial charge in [-0.1, -0.05) is 0 Å². The molecule has 0 bridgehead atoms. The van der Waals surface area contributed by atoms with E-state index in [2.05, 4.69) is 0 Å². The van der Waals surface area contributed by atoms with Gasteiger partial charge in [-0.3, -0.25) is 0 Å². The minimum Gasteiger partial charge on any atom is 0 e. The van der Waals surface area contributed by atoms with Gasteiger partial charge in [-0.2, -0.15) is 0 Å². The first-order valence-electron chi connectivity index (χ1n) is 0. The molecule has 0 amide bonds. The molecule has 5 heavy (non-hydrogen) atoms. The van der Waals surface area contributed by atoms with Crippen molar-refractivity contribution in [1.29, 1.82) is 0 Å². The van der Waals surface area contributed by atoms with Crippen molar-refractivity contribution in [2.75, 3.05) is 0 Å². The first-order chi connectivity index (χ1) is 0. The second-order valence-electron chi connectivity index (χ2n) is 0. The summed E-state index contributed by atoms with van der Waals surface area (Å²) in [6.07, 6.45) is 0. The Bertz CT molecular complexity index is 6.85. The summed E-state index contributed by atoms with van der Waals surface area (Å²) in [6, 6.07) is 0. The monoisotopic (exact) mass is 493 g/mol. The predicted molar refractivity (Wildman–Crippen MR) is 5.75 cm³/mol. The molecule has 23 valence electrons. The topological polar surface area (TPSA) is 0 Å². The van der Waals surface area contributed by atoms with E-state index in [0.717, 1.165) is 0 Å². The van der Waals surface area contributed by atoms with Gasteiger partial charge in [0.1, 0.15) is 0 Å². The molecule has 0 aliphatic heterocycles. The van der Waals surface area contributed by atoms with Crippen molar-refractivity contribution in [1.82, 2.24) is 0 Å². The Kier molecular flexibility index (Phi) is 157. The van der Waals surface area contributed by atoms with Crippen LogP contribution in [0.2, 0.25) is 0 Å². The minimum absolute atomic E-state index is 0. The molecule has 0 nitrogen and oxygen atoms in total. The first kappa shape index (κ1) is 33.4. The summed E-state index contributed by atoms with van der Waals surface area (Å²) in [4.78, 5) is 0. The van der Waals surface area contributed by atoms with E-state index in [0.29, 0.717) is 0 Å². The van der Waals surface area contributed by atoms with Gasteiger partial charge in [-0.05, 0) is 0 Å². The average Bonchev–Trinajstić information content (AvgIpc) is 0. The molecule has 0 unspecified atom stereocenters. The van der Waals surface area contributed by atoms with Gasteiger partial charge in [0, 0.05) is 148 Å². The summed E-state index contributed by atoms with van der Waals surface area (Å²) in [5.41, 5.74) is 0. The molecule has 0 aromatic carbocycles. The van der Waals surface area contributed by atoms with E-state index < -0.39 is 0 Å². The van der Waals surface area contributed by atoms with Crippen molar-refractivity contribution < 1.29 is 140 Å². The van der Waals surface area contributed by atoms with Gasteiger partial charge in [0.2, 0.25) is 0 Å². The molecule has 0 aromatic heterocycles. The molecule has 0 heterocycles. The Morgan fingerprint density at radius 3 is 0.600 bits per heavy atom. The molecule has 0 rings (SSSR count). The molecule has 0 spiro atoms. The smallest absolute Gasteiger partial charge is 0 e. The fourth-order valence-corrected chi connectivity index (χ4v) is 0. The summed E-state index contributed by atoms with van der Waals surface area (Å²) in [6.45, 7) is 0. The maximum atomic E-state index is 0. The van der Waals surface area contributed by atoms with Gasteiger partial charge in [0.15, 0.2) is 0 Å². The van der Waals surface area contributed by atoms with Crippen molar-refractivity contribution in [3.8, 4) is 0 Å². The summed E-state index contributed by atoms with van der Waals surface area (Å²) >= 11 is 0. The molecule has 3 radical (unpaired) electrons. The molecule has 0 fully saturated rings. The van der Waals surface area contributed by atoms with Crippen LogP contribution in [0.1, 0.15) is 0 Å². The molecule has 0 aromatic rings. The van der Waals surface area contributed by atoms with Crippen molar-refractivity contribution in [3.05, 3.63) is 0 Å². The standard InChI is InChI=1S/B.Fe.3Nd. The SMILES string of the molecule is [B].[Fe].[Nd].[Nd].[Nd]. The average molecular weight is 499 g/mol. The summed E-state index contributed by atoms with van der Waals surface area (Å²) in [7, 11) is 0. The minimum atomic E-state index is 0. The van der Waals surface area contributed by atoms with Gasteiger partial charge < -0.3 is 0 Å². The zero-order valence-corrected chi connectivity index (χ0v) is 13.2. The number of hydrogen-bond acceptors (Lipinski definition) is 0. The molecule has 0 N–H and O–H groups in total. The fraction of sp³-hybridized carbons (Fsp3) is 0. The normalized spacial score (nSPS) is 0. The molecule has 0 saturated heterocycles. The maximum absolute atomic E-state index is 0.